The molecule has 0 radical (unpaired) electrons. The van der Waals surface area contributed by atoms with E-state index in [2.05, 4.69) is 5.32 Å². The molecule has 7 heteroatoms. The van der Waals surface area contributed by atoms with Crippen LogP contribution in [-0.2, 0) is 14.3 Å². The molecule has 1 amide bonds. The van der Waals surface area contributed by atoms with Crippen molar-refractivity contribution in [3.63, 3.8) is 0 Å². The third kappa shape index (κ3) is 7.78. The predicted octanol–water partition coefficient (Wildman–Crippen LogP) is 0.681. The topological polar surface area (TPSA) is 94.1 Å². The van der Waals surface area contributed by atoms with E-state index < -0.39 is 18.4 Å². The molecule has 0 aliphatic rings. The van der Waals surface area contributed by atoms with Crippen molar-refractivity contribution < 1.29 is 28.9 Å². The van der Waals surface area contributed by atoms with E-state index in [0.717, 1.165) is 0 Å². The molecule has 21 heavy (non-hydrogen) atoms. The molecule has 0 aliphatic carbocycles. The highest BCUT2D eigenvalue weighted by molar-refractivity contribution is 5.82. The number of nitrogens with one attached hydrogen (secondary N) is 1. The standard InChI is InChI=1S/C14H19NO6/c1-2-19-7-8-20-11-3-5-12(6-4-11)21-10-13(16)15-9-14(17)18/h3-6H,2,7-10H2,1H3,(H,15,16)(H,17,18). The van der Waals surface area contributed by atoms with Crippen molar-refractivity contribution in [1.82, 2.24) is 5.32 Å². The number of ether oxygens (including phenoxy) is 3. The number of rotatable bonds is 10. The Morgan fingerprint density at radius 3 is 2.29 bits per heavy atom. The van der Waals surface area contributed by atoms with E-state index in [1.807, 2.05) is 6.92 Å². The SMILES string of the molecule is CCOCCOc1ccc(OCC(=O)NCC(=O)O)cc1. The van der Waals surface area contributed by atoms with Crippen molar-refractivity contribution in [2.75, 3.05) is 33.0 Å². The Hall–Kier alpha value is -2.28. The van der Waals surface area contributed by atoms with Gasteiger partial charge in [0.1, 0.15) is 24.7 Å². The van der Waals surface area contributed by atoms with Crippen LogP contribution in [-0.4, -0.2) is 50.0 Å². The highest BCUT2D eigenvalue weighted by atomic mass is 16.5. The third-order valence-electron chi connectivity index (χ3n) is 2.33. The van der Waals surface area contributed by atoms with Gasteiger partial charge in [-0.1, -0.05) is 0 Å². The van der Waals surface area contributed by atoms with Crippen LogP contribution in [0.5, 0.6) is 11.5 Å². The minimum absolute atomic E-state index is 0.238. The van der Waals surface area contributed by atoms with E-state index >= 15 is 0 Å². The smallest absolute Gasteiger partial charge is 0.322 e. The first-order chi connectivity index (χ1) is 10.1. The van der Waals surface area contributed by atoms with Crippen molar-refractivity contribution in [3.8, 4) is 11.5 Å². The molecule has 0 aromatic heterocycles. The minimum Gasteiger partial charge on any atom is -0.491 e. The monoisotopic (exact) mass is 297 g/mol. The summed E-state index contributed by atoms with van der Waals surface area (Å²) in [5.41, 5.74) is 0. The van der Waals surface area contributed by atoms with Gasteiger partial charge in [-0.05, 0) is 31.2 Å². The molecule has 0 spiro atoms. The number of amides is 1. The number of carboxylic acid groups (broad SMARTS) is 1. The first-order valence-corrected chi connectivity index (χ1v) is 6.53. The van der Waals surface area contributed by atoms with Gasteiger partial charge in [-0.25, -0.2) is 0 Å². The lowest BCUT2D eigenvalue weighted by atomic mass is 10.3. The van der Waals surface area contributed by atoms with Gasteiger partial charge in [0.05, 0.1) is 6.61 Å². The molecule has 1 rings (SSSR count). The Balaban J connectivity index is 2.27. The number of aliphatic carboxylic acids is 1. The van der Waals surface area contributed by atoms with Gasteiger partial charge in [-0.15, -0.1) is 0 Å². The maximum atomic E-state index is 11.3. The van der Waals surface area contributed by atoms with Gasteiger partial charge in [0.15, 0.2) is 6.61 Å². The van der Waals surface area contributed by atoms with Crippen molar-refractivity contribution in [3.05, 3.63) is 24.3 Å². The van der Waals surface area contributed by atoms with E-state index in [0.29, 0.717) is 31.3 Å². The number of carbonyl (C=O) groups is 2. The maximum absolute atomic E-state index is 11.3. The number of carbonyl (C=O) groups excluding carboxylic acids is 1. The molecule has 0 saturated heterocycles. The molecule has 116 valence electrons. The van der Waals surface area contributed by atoms with Crippen LogP contribution in [0.2, 0.25) is 0 Å². The van der Waals surface area contributed by atoms with Crippen molar-refractivity contribution >= 4 is 11.9 Å². The molecule has 0 heterocycles. The molecule has 1 aromatic rings. The second-order valence-electron chi connectivity index (χ2n) is 3.98. The average Bonchev–Trinajstić information content (AvgIpc) is 2.48. The fourth-order valence-corrected chi connectivity index (χ4v) is 1.37. The van der Waals surface area contributed by atoms with E-state index in [-0.39, 0.29) is 6.61 Å². The van der Waals surface area contributed by atoms with E-state index in [9.17, 15) is 9.59 Å². The van der Waals surface area contributed by atoms with Gasteiger partial charge in [-0.2, -0.15) is 0 Å². The van der Waals surface area contributed by atoms with Crippen LogP contribution in [0.15, 0.2) is 24.3 Å². The first-order valence-electron chi connectivity index (χ1n) is 6.53. The molecule has 0 atom stereocenters. The summed E-state index contributed by atoms with van der Waals surface area (Å²) in [6.07, 6.45) is 0. The Labute approximate surface area is 122 Å². The molecule has 0 unspecified atom stereocenters. The van der Waals surface area contributed by atoms with Gasteiger partial charge in [0.25, 0.3) is 5.91 Å². The van der Waals surface area contributed by atoms with Gasteiger partial charge < -0.3 is 24.6 Å². The Morgan fingerprint density at radius 1 is 1.10 bits per heavy atom. The molecule has 0 fully saturated rings. The molecule has 1 aromatic carbocycles. The fraction of sp³-hybridized carbons (Fsp3) is 0.429. The molecule has 0 bridgehead atoms. The zero-order valence-corrected chi connectivity index (χ0v) is 11.8. The fourth-order valence-electron chi connectivity index (χ4n) is 1.37. The number of hydrogen-bond donors (Lipinski definition) is 2. The molecule has 0 aliphatic heterocycles. The molecular weight excluding hydrogens is 278 g/mol. The zero-order chi connectivity index (χ0) is 15.5. The van der Waals surface area contributed by atoms with Crippen LogP contribution >= 0.6 is 0 Å². The maximum Gasteiger partial charge on any atom is 0.322 e. The van der Waals surface area contributed by atoms with Crippen molar-refractivity contribution in [2.45, 2.75) is 6.92 Å². The van der Waals surface area contributed by atoms with E-state index in [1.165, 1.54) is 0 Å². The summed E-state index contributed by atoms with van der Waals surface area (Å²) in [7, 11) is 0. The predicted molar refractivity (Wildman–Crippen MR) is 74.6 cm³/mol. The largest absolute Gasteiger partial charge is 0.491 e. The lowest BCUT2D eigenvalue weighted by Gasteiger charge is -2.08. The first kappa shape index (κ1) is 16.8. The van der Waals surface area contributed by atoms with Crippen LogP contribution in [0.3, 0.4) is 0 Å². The van der Waals surface area contributed by atoms with Crippen LogP contribution in [0, 0.1) is 0 Å². The lowest BCUT2D eigenvalue weighted by Crippen LogP contribution is -2.33. The van der Waals surface area contributed by atoms with Crippen LogP contribution in [0.1, 0.15) is 6.92 Å². The summed E-state index contributed by atoms with van der Waals surface area (Å²) in [5.74, 6) is -0.415. The van der Waals surface area contributed by atoms with Gasteiger partial charge >= 0.3 is 5.97 Å². The van der Waals surface area contributed by atoms with E-state index in [1.54, 1.807) is 24.3 Å². The van der Waals surface area contributed by atoms with Gasteiger partial charge in [0.2, 0.25) is 0 Å². The molecule has 0 saturated carbocycles. The van der Waals surface area contributed by atoms with Crippen LogP contribution in [0.25, 0.3) is 0 Å². The summed E-state index contributed by atoms with van der Waals surface area (Å²) >= 11 is 0. The molecular formula is C14H19NO6. The van der Waals surface area contributed by atoms with E-state index in [4.69, 9.17) is 19.3 Å². The molecule has 7 nitrogen and oxygen atoms in total. The summed E-state index contributed by atoms with van der Waals surface area (Å²) in [5, 5.41) is 10.6. The Kier molecular flexibility index (Phi) is 7.67. The lowest BCUT2D eigenvalue weighted by molar-refractivity contribution is -0.138. The van der Waals surface area contributed by atoms with Crippen LogP contribution < -0.4 is 14.8 Å². The van der Waals surface area contributed by atoms with Crippen LogP contribution in [0.4, 0.5) is 0 Å². The average molecular weight is 297 g/mol. The highest BCUT2D eigenvalue weighted by Crippen LogP contribution is 2.17. The number of carboxylic acids is 1. The Morgan fingerprint density at radius 2 is 1.71 bits per heavy atom. The summed E-state index contributed by atoms with van der Waals surface area (Å²) in [4.78, 5) is 21.5. The third-order valence-corrected chi connectivity index (χ3v) is 2.33. The second-order valence-corrected chi connectivity index (χ2v) is 3.98. The normalized spacial score (nSPS) is 9.95. The van der Waals surface area contributed by atoms with Gasteiger partial charge in [-0.3, -0.25) is 9.59 Å². The number of hydrogen-bond acceptors (Lipinski definition) is 5. The Bertz CT molecular complexity index is 445. The highest BCUT2D eigenvalue weighted by Gasteiger charge is 2.05. The quantitative estimate of drug-likeness (QED) is 0.617. The second kappa shape index (κ2) is 9.60. The number of benzene rings is 1. The minimum atomic E-state index is -1.10. The van der Waals surface area contributed by atoms with Crippen molar-refractivity contribution in [1.29, 1.82) is 0 Å². The summed E-state index contributed by atoms with van der Waals surface area (Å²) in [6.45, 7) is 2.90. The van der Waals surface area contributed by atoms with Gasteiger partial charge in [0, 0.05) is 6.61 Å². The zero-order valence-electron chi connectivity index (χ0n) is 11.8. The summed E-state index contributed by atoms with van der Waals surface area (Å²) in [6, 6.07) is 6.77. The summed E-state index contributed by atoms with van der Waals surface area (Å²) < 4.78 is 15.8. The molecule has 2 N–H and O–H groups in total. The van der Waals surface area contributed by atoms with Crippen molar-refractivity contribution in [2.24, 2.45) is 0 Å².